The fraction of sp³-hybridized carbons (Fsp3) is 0.571. The maximum absolute atomic E-state index is 13.2. The van der Waals surface area contributed by atoms with Crippen LogP contribution in [-0.2, 0) is 6.54 Å². The predicted octanol–water partition coefficient (Wildman–Crippen LogP) is 2.60. The summed E-state index contributed by atoms with van der Waals surface area (Å²) in [6.07, 6.45) is 1.25. The molecule has 1 atom stereocenters. The molecule has 1 unspecified atom stereocenters. The standard InChI is InChI=1S/C14H21FN2.ClH/c1-11-3-4-14(15)7-13(11)10-17-6-5-12(9-17)8-16-2;/h3-4,7,12,16H,5-6,8-10H2,1-2H3;1H. The van der Waals surface area contributed by atoms with E-state index in [-0.39, 0.29) is 18.2 Å². The number of nitrogens with zero attached hydrogens (tertiary/aromatic N) is 1. The molecule has 2 rings (SSSR count). The van der Waals surface area contributed by atoms with Gasteiger partial charge in [0.05, 0.1) is 0 Å². The molecule has 0 spiro atoms. The number of benzene rings is 1. The molecule has 2 nitrogen and oxygen atoms in total. The summed E-state index contributed by atoms with van der Waals surface area (Å²) in [5.74, 6) is 0.616. The van der Waals surface area contributed by atoms with Crippen LogP contribution in [0.2, 0.25) is 0 Å². The Bertz CT molecular complexity index is 384. The van der Waals surface area contributed by atoms with Crippen LogP contribution in [0, 0.1) is 18.7 Å². The third-order valence-electron chi connectivity index (χ3n) is 3.57. The number of hydrogen-bond donors (Lipinski definition) is 1. The number of halogens is 2. The van der Waals surface area contributed by atoms with Crippen molar-refractivity contribution in [2.75, 3.05) is 26.7 Å². The number of hydrogen-bond acceptors (Lipinski definition) is 2. The van der Waals surface area contributed by atoms with Gasteiger partial charge < -0.3 is 5.32 Å². The van der Waals surface area contributed by atoms with Crippen molar-refractivity contribution < 1.29 is 4.39 Å². The van der Waals surface area contributed by atoms with Gasteiger partial charge in [-0.2, -0.15) is 0 Å². The quantitative estimate of drug-likeness (QED) is 0.906. The van der Waals surface area contributed by atoms with Gasteiger partial charge in [-0.15, -0.1) is 12.4 Å². The summed E-state index contributed by atoms with van der Waals surface area (Å²) >= 11 is 0. The minimum absolute atomic E-state index is 0. The third kappa shape index (κ3) is 3.94. The molecule has 18 heavy (non-hydrogen) atoms. The van der Waals surface area contributed by atoms with Gasteiger partial charge in [0.2, 0.25) is 0 Å². The summed E-state index contributed by atoms with van der Waals surface area (Å²) < 4.78 is 13.2. The van der Waals surface area contributed by atoms with E-state index in [1.54, 1.807) is 6.07 Å². The highest BCUT2D eigenvalue weighted by molar-refractivity contribution is 5.85. The highest BCUT2D eigenvalue weighted by Crippen LogP contribution is 2.20. The number of likely N-dealkylation sites (tertiary alicyclic amines) is 1. The van der Waals surface area contributed by atoms with Crippen LogP contribution in [0.3, 0.4) is 0 Å². The van der Waals surface area contributed by atoms with E-state index in [1.165, 1.54) is 18.1 Å². The second-order valence-corrected chi connectivity index (χ2v) is 5.02. The second kappa shape index (κ2) is 7.07. The highest BCUT2D eigenvalue weighted by Gasteiger charge is 2.22. The Morgan fingerprint density at radius 2 is 2.22 bits per heavy atom. The van der Waals surface area contributed by atoms with Crippen LogP contribution in [0.4, 0.5) is 4.39 Å². The number of rotatable bonds is 4. The van der Waals surface area contributed by atoms with Gasteiger partial charge in [0.25, 0.3) is 0 Å². The summed E-state index contributed by atoms with van der Waals surface area (Å²) in [5.41, 5.74) is 2.30. The van der Waals surface area contributed by atoms with Crippen molar-refractivity contribution in [1.82, 2.24) is 10.2 Å². The van der Waals surface area contributed by atoms with Crippen LogP contribution in [0.5, 0.6) is 0 Å². The Hall–Kier alpha value is -0.640. The molecule has 0 bridgehead atoms. The molecule has 1 N–H and O–H groups in total. The maximum Gasteiger partial charge on any atom is 0.123 e. The minimum Gasteiger partial charge on any atom is -0.319 e. The zero-order valence-corrected chi connectivity index (χ0v) is 11.9. The van der Waals surface area contributed by atoms with Gasteiger partial charge in [0, 0.05) is 13.1 Å². The molecular formula is C14H22ClFN2. The molecule has 0 radical (unpaired) electrons. The normalized spacial score (nSPS) is 19.8. The van der Waals surface area contributed by atoms with Crippen molar-refractivity contribution in [1.29, 1.82) is 0 Å². The molecule has 4 heteroatoms. The van der Waals surface area contributed by atoms with Crippen molar-refractivity contribution in [2.45, 2.75) is 19.9 Å². The average molecular weight is 273 g/mol. The molecule has 102 valence electrons. The third-order valence-corrected chi connectivity index (χ3v) is 3.57. The SMILES string of the molecule is CNCC1CCN(Cc2cc(F)ccc2C)C1.Cl. The number of nitrogens with one attached hydrogen (secondary N) is 1. The van der Waals surface area contributed by atoms with Crippen LogP contribution >= 0.6 is 12.4 Å². The molecule has 0 aromatic heterocycles. The summed E-state index contributed by atoms with van der Waals surface area (Å²) in [5, 5.41) is 3.23. The Morgan fingerprint density at radius 3 is 2.94 bits per heavy atom. The molecule has 1 aromatic rings. The van der Waals surface area contributed by atoms with Crippen molar-refractivity contribution in [3.8, 4) is 0 Å². The van der Waals surface area contributed by atoms with Crippen molar-refractivity contribution in [3.63, 3.8) is 0 Å². The van der Waals surface area contributed by atoms with E-state index in [2.05, 4.69) is 17.1 Å². The molecule has 1 aliphatic heterocycles. The molecule has 0 aliphatic carbocycles. The average Bonchev–Trinajstić information content (AvgIpc) is 2.72. The molecular weight excluding hydrogens is 251 g/mol. The molecule has 1 aliphatic rings. The monoisotopic (exact) mass is 272 g/mol. The first-order chi connectivity index (χ1) is 8.19. The highest BCUT2D eigenvalue weighted by atomic mass is 35.5. The Morgan fingerprint density at radius 1 is 1.44 bits per heavy atom. The first kappa shape index (κ1) is 15.4. The van der Waals surface area contributed by atoms with Crippen LogP contribution in [0.15, 0.2) is 18.2 Å². The largest absolute Gasteiger partial charge is 0.319 e. The minimum atomic E-state index is -0.128. The molecule has 0 saturated carbocycles. The van der Waals surface area contributed by atoms with E-state index in [9.17, 15) is 4.39 Å². The first-order valence-electron chi connectivity index (χ1n) is 6.31. The zero-order chi connectivity index (χ0) is 12.3. The van der Waals surface area contributed by atoms with E-state index >= 15 is 0 Å². The summed E-state index contributed by atoms with van der Waals surface area (Å²) in [6, 6.07) is 5.07. The fourth-order valence-corrected chi connectivity index (χ4v) is 2.56. The Labute approximate surface area is 115 Å². The van der Waals surface area contributed by atoms with Gasteiger partial charge in [0.15, 0.2) is 0 Å². The molecule has 1 saturated heterocycles. The van der Waals surface area contributed by atoms with E-state index in [0.29, 0.717) is 0 Å². The summed E-state index contributed by atoms with van der Waals surface area (Å²) in [7, 11) is 2.00. The molecule has 1 aromatic carbocycles. The lowest BCUT2D eigenvalue weighted by atomic mass is 10.1. The van der Waals surface area contributed by atoms with Crippen LogP contribution in [-0.4, -0.2) is 31.6 Å². The zero-order valence-electron chi connectivity index (χ0n) is 11.1. The van der Waals surface area contributed by atoms with E-state index < -0.39 is 0 Å². The topological polar surface area (TPSA) is 15.3 Å². The van der Waals surface area contributed by atoms with E-state index in [4.69, 9.17) is 0 Å². The van der Waals surface area contributed by atoms with Crippen molar-refractivity contribution in [3.05, 3.63) is 35.1 Å². The van der Waals surface area contributed by atoms with Crippen molar-refractivity contribution >= 4 is 12.4 Å². The van der Waals surface area contributed by atoms with Crippen LogP contribution in [0.25, 0.3) is 0 Å². The van der Waals surface area contributed by atoms with Gasteiger partial charge in [0.1, 0.15) is 5.82 Å². The lowest BCUT2D eigenvalue weighted by Crippen LogP contribution is -2.24. The van der Waals surface area contributed by atoms with Gasteiger partial charge >= 0.3 is 0 Å². The fourth-order valence-electron chi connectivity index (χ4n) is 2.56. The lowest BCUT2D eigenvalue weighted by molar-refractivity contribution is 0.314. The van der Waals surface area contributed by atoms with Crippen LogP contribution < -0.4 is 5.32 Å². The summed E-state index contributed by atoms with van der Waals surface area (Å²) in [6.45, 7) is 6.26. The van der Waals surface area contributed by atoms with Gasteiger partial charge in [-0.3, -0.25) is 4.90 Å². The Kier molecular flexibility index (Phi) is 6.06. The van der Waals surface area contributed by atoms with Crippen molar-refractivity contribution in [2.24, 2.45) is 5.92 Å². The van der Waals surface area contributed by atoms with E-state index in [1.807, 2.05) is 13.1 Å². The maximum atomic E-state index is 13.2. The molecule has 0 amide bonds. The van der Waals surface area contributed by atoms with Gasteiger partial charge in [-0.25, -0.2) is 4.39 Å². The predicted molar refractivity (Wildman–Crippen MR) is 75.7 cm³/mol. The van der Waals surface area contributed by atoms with Gasteiger partial charge in [-0.05, 0) is 62.7 Å². The summed E-state index contributed by atoms with van der Waals surface area (Å²) in [4.78, 5) is 2.42. The lowest BCUT2D eigenvalue weighted by Gasteiger charge is -2.17. The second-order valence-electron chi connectivity index (χ2n) is 5.02. The number of aryl methyl sites for hydroxylation is 1. The first-order valence-corrected chi connectivity index (χ1v) is 6.31. The smallest absolute Gasteiger partial charge is 0.123 e. The molecule has 1 fully saturated rings. The van der Waals surface area contributed by atoms with Crippen LogP contribution in [0.1, 0.15) is 17.5 Å². The van der Waals surface area contributed by atoms with E-state index in [0.717, 1.165) is 37.7 Å². The Balaban J connectivity index is 0.00000162. The molecule has 1 heterocycles. The van der Waals surface area contributed by atoms with Gasteiger partial charge in [-0.1, -0.05) is 6.07 Å².